The van der Waals surface area contributed by atoms with E-state index in [2.05, 4.69) is 5.32 Å². The molecule has 0 aliphatic carbocycles. The van der Waals surface area contributed by atoms with Crippen LogP contribution < -0.4 is 11.1 Å². The third-order valence-corrected chi connectivity index (χ3v) is 2.01. The molecule has 1 aromatic carbocycles. The summed E-state index contributed by atoms with van der Waals surface area (Å²) in [7, 11) is 1.68. The van der Waals surface area contributed by atoms with Crippen LogP contribution in [0.3, 0.4) is 0 Å². The van der Waals surface area contributed by atoms with Crippen LogP contribution in [0.15, 0.2) is 18.2 Å². The highest BCUT2D eigenvalue weighted by Crippen LogP contribution is 2.16. The van der Waals surface area contributed by atoms with E-state index in [0.717, 1.165) is 18.7 Å². The number of anilines is 1. The van der Waals surface area contributed by atoms with Crippen LogP contribution in [0.5, 0.6) is 0 Å². The van der Waals surface area contributed by atoms with Crippen molar-refractivity contribution in [1.29, 1.82) is 0 Å². The molecule has 3 nitrogen and oxygen atoms in total. The smallest absolute Gasteiger partial charge is 0.0587 e. The average Bonchev–Trinajstić information content (AvgIpc) is 2.11. The Hall–Kier alpha value is -0.770. The second-order valence-corrected chi connectivity index (χ2v) is 3.50. The summed E-state index contributed by atoms with van der Waals surface area (Å²) in [4.78, 5) is 0. The maximum Gasteiger partial charge on any atom is 0.0587 e. The molecule has 0 spiro atoms. The molecule has 1 rings (SSSR count). The first kappa shape index (κ1) is 11.3. The molecule has 0 radical (unpaired) electrons. The molecule has 0 saturated carbocycles. The number of hydrogen-bond donors (Lipinski definition) is 2. The van der Waals surface area contributed by atoms with Crippen LogP contribution in [-0.2, 0) is 11.3 Å². The molecule has 0 aromatic heterocycles. The molecule has 0 saturated heterocycles. The maximum absolute atomic E-state index is 5.86. The number of nitrogen functional groups attached to an aromatic ring is 1. The first-order chi connectivity index (χ1) is 6.72. The lowest BCUT2D eigenvalue weighted by Gasteiger charge is -2.05. The molecule has 0 unspecified atom stereocenters. The van der Waals surface area contributed by atoms with Crippen molar-refractivity contribution in [1.82, 2.24) is 5.32 Å². The zero-order chi connectivity index (χ0) is 10.4. The molecule has 1 aromatic rings. The lowest BCUT2D eigenvalue weighted by Crippen LogP contribution is -2.18. The van der Waals surface area contributed by atoms with Crippen molar-refractivity contribution in [2.45, 2.75) is 6.54 Å². The Kier molecular flexibility index (Phi) is 4.73. The van der Waals surface area contributed by atoms with Crippen LogP contribution in [0.2, 0.25) is 5.02 Å². The van der Waals surface area contributed by atoms with Gasteiger partial charge in [-0.25, -0.2) is 0 Å². The van der Waals surface area contributed by atoms with Crippen molar-refractivity contribution < 1.29 is 4.74 Å². The van der Waals surface area contributed by atoms with E-state index in [4.69, 9.17) is 22.1 Å². The van der Waals surface area contributed by atoms with Crippen LogP contribution >= 0.6 is 11.6 Å². The van der Waals surface area contributed by atoms with E-state index in [9.17, 15) is 0 Å². The van der Waals surface area contributed by atoms with Gasteiger partial charge in [-0.15, -0.1) is 0 Å². The van der Waals surface area contributed by atoms with Crippen molar-refractivity contribution in [3.63, 3.8) is 0 Å². The van der Waals surface area contributed by atoms with Crippen molar-refractivity contribution in [2.24, 2.45) is 0 Å². The molecule has 0 amide bonds. The average molecular weight is 215 g/mol. The summed E-state index contributed by atoms with van der Waals surface area (Å²) in [6, 6.07) is 5.55. The minimum absolute atomic E-state index is 0.675. The Balaban J connectivity index is 2.42. The highest BCUT2D eigenvalue weighted by molar-refractivity contribution is 6.30. The summed E-state index contributed by atoms with van der Waals surface area (Å²) in [5, 5.41) is 3.89. The van der Waals surface area contributed by atoms with Crippen LogP contribution in [0.1, 0.15) is 5.56 Å². The summed E-state index contributed by atoms with van der Waals surface area (Å²) >= 11 is 5.86. The number of methoxy groups -OCH3 is 1. The molecular weight excluding hydrogens is 200 g/mol. The number of benzene rings is 1. The first-order valence-corrected chi connectivity index (χ1v) is 4.85. The van der Waals surface area contributed by atoms with E-state index in [0.29, 0.717) is 17.3 Å². The number of rotatable bonds is 5. The van der Waals surface area contributed by atoms with Gasteiger partial charge in [0.15, 0.2) is 0 Å². The van der Waals surface area contributed by atoms with Crippen LogP contribution in [0, 0.1) is 0 Å². The fourth-order valence-corrected chi connectivity index (χ4v) is 1.45. The van der Waals surface area contributed by atoms with Crippen molar-refractivity contribution >= 4 is 17.3 Å². The van der Waals surface area contributed by atoms with Gasteiger partial charge in [-0.05, 0) is 23.8 Å². The third kappa shape index (κ3) is 3.96. The quantitative estimate of drug-likeness (QED) is 0.579. The zero-order valence-corrected chi connectivity index (χ0v) is 8.97. The Bertz CT molecular complexity index is 271. The number of nitrogens with two attached hydrogens (primary N) is 1. The standard InChI is InChI=1S/C10H15ClN2O/c1-14-3-2-13-7-8-4-9(11)6-10(12)5-8/h4-6,13H,2-3,7,12H2,1H3. The van der Waals surface area contributed by atoms with E-state index in [1.165, 1.54) is 0 Å². The van der Waals surface area contributed by atoms with Gasteiger partial charge in [-0.2, -0.15) is 0 Å². The number of hydrogen-bond acceptors (Lipinski definition) is 3. The monoisotopic (exact) mass is 214 g/mol. The van der Waals surface area contributed by atoms with Crippen LogP contribution in [0.4, 0.5) is 5.69 Å². The summed E-state index contributed by atoms with van der Waals surface area (Å²) in [6.07, 6.45) is 0. The molecule has 0 fully saturated rings. The molecule has 0 atom stereocenters. The van der Waals surface area contributed by atoms with Crippen molar-refractivity contribution in [3.05, 3.63) is 28.8 Å². The van der Waals surface area contributed by atoms with Gasteiger partial charge in [0, 0.05) is 30.9 Å². The normalized spacial score (nSPS) is 10.4. The Morgan fingerprint density at radius 1 is 1.43 bits per heavy atom. The Labute approximate surface area is 89.2 Å². The molecule has 0 aliphatic heterocycles. The first-order valence-electron chi connectivity index (χ1n) is 4.47. The van der Waals surface area contributed by atoms with Gasteiger partial charge in [-0.1, -0.05) is 11.6 Å². The van der Waals surface area contributed by atoms with E-state index in [1.807, 2.05) is 12.1 Å². The van der Waals surface area contributed by atoms with Crippen LogP contribution in [0.25, 0.3) is 0 Å². The van der Waals surface area contributed by atoms with E-state index in [-0.39, 0.29) is 0 Å². The van der Waals surface area contributed by atoms with Gasteiger partial charge in [0.05, 0.1) is 6.61 Å². The molecule has 3 N–H and O–H groups in total. The summed E-state index contributed by atoms with van der Waals surface area (Å²) in [5.41, 5.74) is 7.44. The SMILES string of the molecule is COCCNCc1cc(N)cc(Cl)c1. The lowest BCUT2D eigenvalue weighted by atomic mass is 10.2. The number of nitrogens with one attached hydrogen (secondary N) is 1. The van der Waals surface area contributed by atoms with Crippen molar-refractivity contribution in [3.8, 4) is 0 Å². The highest BCUT2D eigenvalue weighted by Gasteiger charge is 1.96. The predicted octanol–water partition coefficient (Wildman–Crippen LogP) is 1.66. The largest absolute Gasteiger partial charge is 0.399 e. The van der Waals surface area contributed by atoms with Gasteiger partial charge >= 0.3 is 0 Å². The molecule has 0 aliphatic rings. The Morgan fingerprint density at radius 3 is 2.86 bits per heavy atom. The van der Waals surface area contributed by atoms with Gasteiger partial charge in [0.25, 0.3) is 0 Å². The fraction of sp³-hybridized carbons (Fsp3) is 0.400. The topological polar surface area (TPSA) is 47.3 Å². The van der Waals surface area contributed by atoms with Crippen LogP contribution in [-0.4, -0.2) is 20.3 Å². The fourth-order valence-electron chi connectivity index (χ4n) is 1.18. The minimum Gasteiger partial charge on any atom is -0.399 e. The molecule has 0 bridgehead atoms. The van der Waals surface area contributed by atoms with Gasteiger partial charge < -0.3 is 15.8 Å². The molecule has 0 heterocycles. The minimum atomic E-state index is 0.675. The van der Waals surface area contributed by atoms with Crippen molar-refractivity contribution in [2.75, 3.05) is 26.0 Å². The lowest BCUT2D eigenvalue weighted by molar-refractivity contribution is 0.199. The predicted molar refractivity (Wildman–Crippen MR) is 59.4 cm³/mol. The van der Waals surface area contributed by atoms with E-state index in [1.54, 1.807) is 13.2 Å². The van der Waals surface area contributed by atoms with E-state index >= 15 is 0 Å². The molecule has 14 heavy (non-hydrogen) atoms. The second-order valence-electron chi connectivity index (χ2n) is 3.06. The second kappa shape index (κ2) is 5.86. The molecule has 78 valence electrons. The van der Waals surface area contributed by atoms with Gasteiger partial charge in [-0.3, -0.25) is 0 Å². The Morgan fingerprint density at radius 2 is 2.21 bits per heavy atom. The highest BCUT2D eigenvalue weighted by atomic mass is 35.5. The van der Waals surface area contributed by atoms with E-state index < -0.39 is 0 Å². The molecule has 4 heteroatoms. The summed E-state index contributed by atoms with van der Waals surface area (Å²) in [6.45, 7) is 2.28. The maximum atomic E-state index is 5.86. The number of ether oxygens (including phenoxy) is 1. The van der Waals surface area contributed by atoms with Gasteiger partial charge in [0.1, 0.15) is 0 Å². The number of halogens is 1. The molecular formula is C10H15ClN2O. The summed E-state index contributed by atoms with van der Waals surface area (Å²) < 4.78 is 4.91. The summed E-state index contributed by atoms with van der Waals surface area (Å²) in [5.74, 6) is 0. The third-order valence-electron chi connectivity index (χ3n) is 1.79. The zero-order valence-electron chi connectivity index (χ0n) is 8.22. The van der Waals surface area contributed by atoms with Gasteiger partial charge in [0.2, 0.25) is 0 Å².